The summed E-state index contributed by atoms with van der Waals surface area (Å²) >= 11 is 0. The Morgan fingerprint density at radius 3 is 2.46 bits per heavy atom. The molecule has 14 heteroatoms. The lowest BCUT2D eigenvalue weighted by molar-refractivity contribution is -0.122. The summed E-state index contributed by atoms with van der Waals surface area (Å²) in [5, 5.41) is 5.94. The molecule has 1 saturated carbocycles. The van der Waals surface area contributed by atoms with Crippen molar-refractivity contribution in [2.24, 2.45) is 11.7 Å². The quantitative estimate of drug-likeness (QED) is 0.424. The molecule has 0 radical (unpaired) electrons. The first-order chi connectivity index (χ1) is 18.7. The minimum atomic E-state index is -1.11. The third-order valence-corrected chi connectivity index (χ3v) is 7.33. The number of carbonyl (C=O) groups is 2. The largest absolute Gasteiger partial charge is 0.453 e. The fourth-order valence-electron chi connectivity index (χ4n) is 5.36. The predicted molar refractivity (Wildman–Crippen MR) is 136 cm³/mol. The van der Waals surface area contributed by atoms with Crippen LogP contribution in [0.4, 0.5) is 35.5 Å². The maximum absolute atomic E-state index is 14.5. The molecule has 5 rings (SSSR count). The monoisotopic (exact) mass is 546 g/mol. The van der Waals surface area contributed by atoms with E-state index in [4.69, 9.17) is 10.5 Å². The van der Waals surface area contributed by atoms with Crippen molar-refractivity contribution >= 4 is 40.7 Å². The summed E-state index contributed by atoms with van der Waals surface area (Å²) in [4.78, 5) is 38.8. The predicted octanol–water partition coefficient (Wildman–Crippen LogP) is 3.85. The number of nitrogens with one attached hydrogen (secondary N) is 2. The summed E-state index contributed by atoms with van der Waals surface area (Å²) in [5.74, 6) is -3.46. The summed E-state index contributed by atoms with van der Waals surface area (Å²) in [6, 6.07) is 0.852. The van der Waals surface area contributed by atoms with Crippen LogP contribution in [0.5, 0.6) is 0 Å². The second kappa shape index (κ2) is 10.9. The van der Waals surface area contributed by atoms with Gasteiger partial charge in [0.25, 0.3) is 0 Å². The molecule has 2 aliphatic rings. The van der Waals surface area contributed by atoms with Crippen LogP contribution in [-0.4, -0.2) is 62.7 Å². The Hall–Kier alpha value is -4.10. The van der Waals surface area contributed by atoms with Gasteiger partial charge in [0.2, 0.25) is 17.8 Å². The SMILES string of the molecule is COC(=O)N1CCC[C@@H](Nc2ncc3nc(Nc4c(F)cc(F)cc4F)n(C4CCC(C(N)=O)CC4)c3n2)C1. The van der Waals surface area contributed by atoms with E-state index in [0.29, 0.717) is 68.0 Å². The van der Waals surface area contributed by atoms with Crippen LogP contribution in [0.3, 0.4) is 0 Å². The maximum atomic E-state index is 14.5. The number of imidazole rings is 1. The van der Waals surface area contributed by atoms with Gasteiger partial charge in [-0.3, -0.25) is 9.36 Å². The minimum absolute atomic E-state index is 0.109. The van der Waals surface area contributed by atoms with E-state index in [1.807, 2.05) is 0 Å². The number of nitrogens with two attached hydrogens (primary N) is 1. The lowest BCUT2D eigenvalue weighted by Gasteiger charge is -2.32. The van der Waals surface area contributed by atoms with Crippen molar-refractivity contribution in [3.8, 4) is 0 Å². The number of hydrogen-bond donors (Lipinski definition) is 3. The van der Waals surface area contributed by atoms with Crippen LogP contribution < -0.4 is 16.4 Å². The molecule has 2 fully saturated rings. The van der Waals surface area contributed by atoms with Crippen LogP contribution in [0.15, 0.2) is 18.3 Å². The van der Waals surface area contributed by atoms with Crippen LogP contribution >= 0.6 is 0 Å². The zero-order valence-corrected chi connectivity index (χ0v) is 21.3. The van der Waals surface area contributed by atoms with E-state index in [1.165, 1.54) is 13.3 Å². The van der Waals surface area contributed by atoms with Crippen LogP contribution in [0, 0.1) is 23.4 Å². The van der Waals surface area contributed by atoms with Gasteiger partial charge in [-0.1, -0.05) is 0 Å². The molecule has 1 saturated heterocycles. The fourth-order valence-corrected chi connectivity index (χ4v) is 5.36. The van der Waals surface area contributed by atoms with Crippen molar-refractivity contribution in [2.75, 3.05) is 30.8 Å². The topological polar surface area (TPSA) is 140 Å². The molecule has 39 heavy (non-hydrogen) atoms. The van der Waals surface area contributed by atoms with Crippen molar-refractivity contribution in [1.82, 2.24) is 24.4 Å². The fraction of sp³-hybridized carbons (Fsp3) is 0.480. The van der Waals surface area contributed by atoms with E-state index >= 15 is 0 Å². The van der Waals surface area contributed by atoms with Crippen molar-refractivity contribution in [1.29, 1.82) is 0 Å². The molecule has 1 aliphatic heterocycles. The molecule has 4 N–H and O–H groups in total. The zero-order chi connectivity index (χ0) is 27.7. The molecule has 1 aliphatic carbocycles. The third-order valence-electron chi connectivity index (χ3n) is 7.33. The highest BCUT2D eigenvalue weighted by Gasteiger charge is 2.30. The number of piperidine rings is 1. The number of fused-ring (bicyclic) bond motifs is 1. The number of anilines is 3. The average Bonchev–Trinajstić information content (AvgIpc) is 3.27. The third kappa shape index (κ3) is 5.54. The first-order valence-corrected chi connectivity index (χ1v) is 12.8. The molecule has 0 bridgehead atoms. The van der Waals surface area contributed by atoms with Gasteiger partial charge in [-0.2, -0.15) is 4.98 Å². The second-order valence-electron chi connectivity index (χ2n) is 9.88. The number of aromatic nitrogens is 4. The van der Waals surface area contributed by atoms with Crippen molar-refractivity contribution in [3.05, 3.63) is 35.8 Å². The molecule has 2 aromatic heterocycles. The summed E-state index contributed by atoms with van der Waals surface area (Å²) in [7, 11) is 1.34. The Balaban J connectivity index is 1.48. The number of halogens is 3. The van der Waals surface area contributed by atoms with Crippen LogP contribution in [-0.2, 0) is 9.53 Å². The van der Waals surface area contributed by atoms with Crippen molar-refractivity contribution in [3.63, 3.8) is 0 Å². The highest BCUT2D eigenvalue weighted by atomic mass is 19.1. The van der Waals surface area contributed by atoms with Gasteiger partial charge in [0.05, 0.1) is 13.3 Å². The van der Waals surface area contributed by atoms with Crippen LogP contribution in [0.1, 0.15) is 44.6 Å². The van der Waals surface area contributed by atoms with E-state index in [0.717, 1.165) is 12.8 Å². The number of rotatable bonds is 6. The Morgan fingerprint density at radius 2 is 1.79 bits per heavy atom. The van der Waals surface area contributed by atoms with E-state index in [-0.39, 0.29) is 29.9 Å². The molecule has 3 heterocycles. The van der Waals surface area contributed by atoms with Gasteiger partial charge in [0, 0.05) is 43.2 Å². The standard InChI is InChI=1S/C25H29F3N8O3/c1-39-25(38)35-8-2-3-15(12-35)31-23-30-11-19-22(34-23)36(16-6-4-13(5-7-16)21(29)37)24(32-19)33-20-17(27)9-14(26)10-18(20)28/h9-11,13,15-16H,2-8,12H2,1H3,(H2,29,37)(H,32,33)(H,30,31,34)/t13?,15-,16?/m1/s1. The zero-order valence-electron chi connectivity index (χ0n) is 21.3. The Kier molecular flexibility index (Phi) is 7.44. The molecule has 11 nitrogen and oxygen atoms in total. The summed E-state index contributed by atoms with van der Waals surface area (Å²) in [5.41, 5.74) is 5.75. The van der Waals surface area contributed by atoms with Gasteiger partial charge in [-0.15, -0.1) is 0 Å². The number of ether oxygens (including phenoxy) is 1. The van der Waals surface area contributed by atoms with E-state index in [1.54, 1.807) is 9.47 Å². The number of nitrogens with zero attached hydrogens (tertiary/aromatic N) is 5. The lowest BCUT2D eigenvalue weighted by Crippen LogP contribution is -2.45. The van der Waals surface area contributed by atoms with Gasteiger partial charge in [-0.25, -0.2) is 27.9 Å². The molecule has 1 aromatic carbocycles. The molecule has 0 spiro atoms. The highest BCUT2D eigenvalue weighted by Crippen LogP contribution is 2.37. The Bertz CT molecular complexity index is 1370. The van der Waals surface area contributed by atoms with Crippen molar-refractivity contribution in [2.45, 2.75) is 50.6 Å². The highest BCUT2D eigenvalue weighted by molar-refractivity contribution is 5.78. The summed E-state index contributed by atoms with van der Waals surface area (Å²) in [6.45, 7) is 1.01. The smallest absolute Gasteiger partial charge is 0.409 e. The number of carbonyl (C=O) groups excluding carboxylic acids is 2. The van der Waals surface area contributed by atoms with Crippen LogP contribution in [0.2, 0.25) is 0 Å². The molecule has 1 atom stereocenters. The van der Waals surface area contributed by atoms with Gasteiger partial charge in [-0.05, 0) is 38.5 Å². The number of methoxy groups -OCH3 is 1. The van der Waals surface area contributed by atoms with Gasteiger partial charge >= 0.3 is 6.09 Å². The molecule has 208 valence electrons. The normalized spacial score (nSPS) is 21.5. The van der Waals surface area contributed by atoms with Gasteiger partial charge in [0.15, 0.2) is 17.3 Å². The maximum Gasteiger partial charge on any atom is 0.409 e. The molecule has 2 amide bonds. The first kappa shape index (κ1) is 26.5. The van der Waals surface area contributed by atoms with E-state index < -0.39 is 29.2 Å². The number of hydrogen-bond acceptors (Lipinski definition) is 8. The summed E-state index contributed by atoms with van der Waals surface area (Å²) < 4.78 is 49.1. The lowest BCUT2D eigenvalue weighted by atomic mass is 9.85. The number of benzene rings is 1. The van der Waals surface area contributed by atoms with E-state index in [9.17, 15) is 22.8 Å². The average molecular weight is 547 g/mol. The Morgan fingerprint density at radius 1 is 1.08 bits per heavy atom. The molecule has 3 aromatic rings. The molecular weight excluding hydrogens is 517 g/mol. The van der Waals surface area contributed by atoms with Gasteiger partial charge < -0.3 is 26.0 Å². The number of primary amides is 1. The second-order valence-corrected chi connectivity index (χ2v) is 9.88. The van der Waals surface area contributed by atoms with E-state index in [2.05, 4.69) is 25.6 Å². The van der Waals surface area contributed by atoms with Crippen molar-refractivity contribution < 1.29 is 27.5 Å². The first-order valence-electron chi connectivity index (χ1n) is 12.8. The van der Waals surface area contributed by atoms with Crippen LogP contribution in [0.25, 0.3) is 11.2 Å². The molecular formula is C25H29F3N8O3. The Labute approximate surface area is 221 Å². The minimum Gasteiger partial charge on any atom is -0.453 e. The molecule has 0 unspecified atom stereocenters. The summed E-state index contributed by atoms with van der Waals surface area (Å²) in [6.07, 6.45) is 4.87. The number of likely N-dealkylation sites (tertiary alicyclic amines) is 1. The van der Waals surface area contributed by atoms with Gasteiger partial charge in [0.1, 0.15) is 17.0 Å². The number of amides is 2.